The minimum Gasteiger partial charge on any atom is -0.497 e. The number of methoxy groups -OCH3 is 1. The topological polar surface area (TPSA) is 84.9 Å². The fourth-order valence-corrected chi connectivity index (χ4v) is 5.18. The molecule has 27 heavy (non-hydrogen) atoms. The van der Waals surface area contributed by atoms with Gasteiger partial charge in [-0.25, -0.2) is 8.42 Å². The van der Waals surface area contributed by atoms with E-state index < -0.39 is 9.84 Å². The van der Waals surface area contributed by atoms with E-state index >= 15 is 0 Å². The van der Waals surface area contributed by atoms with Crippen molar-refractivity contribution in [2.24, 2.45) is 0 Å². The van der Waals surface area contributed by atoms with Crippen LogP contribution in [0.5, 0.6) is 5.75 Å². The van der Waals surface area contributed by atoms with Crippen LogP contribution in [0, 0.1) is 0 Å². The van der Waals surface area contributed by atoms with Gasteiger partial charge in [0.25, 0.3) is 0 Å². The molecule has 2 heterocycles. The van der Waals surface area contributed by atoms with Crippen LogP contribution in [-0.4, -0.2) is 69.7 Å². The second kappa shape index (κ2) is 9.73. The Morgan fingerprint density at radius 2 is 2.07 bits per heavy atom. The van der Waals surface area contributed by atoms with Gasteiger partial charge in [-0.2, -0.15) is 0 Å². The number of ether oxygens (including phenoxy) is 2. The molecule has 2 saturated heterocycles. The number of morpholine rings is 1. The molecule has 0 radical (unpaired) electrons. The smallest absolute Gasteiger partial charge is 0.224 e. The molecular weight excluding hydrogens is 392 g/mol. The van der Waals surface area contributed by atoms with Crippen molar-refractivity contribution >= 4 is 28.2 Å². The summed E-state index contributed by atoms with van der Waals surface area (Å²) in [7, 11) is -1.46. The zero-order chi connectivity index (χ0) is 18.6. The maximum absolute atomic E-state index is 12.9. The Kier molecular flexibility index (Phi) is 7.91. The SMILES string of the molecule is COc1ccc(CN(C(=O)CC2COCCN2)C2CCS(=O)(=O)C2)cc1.Cl. The van der Waals surface area contributed by atoms with Crippen molar-refractivity contribution in [3.05, 3.63) is 29.8 Å². The second-order valence-electron chi connectivity index (χ2n) is 6.86. The highest BCUT2D eigenvalue weighted by Crippen LogP contribution is 2.22. The molecule has 0 aliphatic carbocycles. The lowest BCUT2D eigenvalue weighted by Gasteiger charge is -2.31. The molecule has 1 aromatic carbocycles. The van der Waals surface area contributed by atoms with Crippen LogP contribution in [0.4, 0.5) is 0 Å². The van der Waals surface area contributed by atoms with E-state index in [2.05, 4.69) is 5.32 Å². The van der Waals surface area contributed by atoms with E-state index in [1.54, 1.807) is 12.0 Å². The van der Waals surface area contributed by atoms with Crippen LogP contribution >= 0.6 is 12.4 Å². The van der Waals surface area contributed by atoms with Crippen LogP contribution in [0.25, 0.3) is 0 Å². The number of sulfone groups is 1. The fraction of sp³-hybridized carbons (Fsp3) is 0.611. The van der Waals surface area contributed by atoms with Crippen LogP contribution in [0.2, 0.25) is 0 Å². The molecule has 2 aliphatic heterocycles. The van der Waals surface area contributed by atoms with Crippen molar-refractivity contribution in [2.75, 3.05) is 38.4 Å². The quantitative estimate of drug-likeness (QED) is 0.742. The molecule has 152 valence electrons. The van der Waals surface area contributed by atoms with Crippen molar-refractivity contribution < 1.29 is 22.7 Å². The van der Waals surface area contributed by atoms with E-state index in [-0.39, 0.29) is 41.9 Å². The fourth-order valence-electron chi connectivity index (χ4n) is 3.45. The molecule has 0 spiro atoms. The first kappa shape index (κ1) is 21.9. The summed E-state index contributed by atoms with van der Waals surface area (Å²) in [5, 5.41) is 3.28. The summed E-state index contributed by atoms with van der Waals surface area (Å²) in [6, 6.07) is 7.22. The van der Waals surface area contributed by atoms with E-state index in [9.17, 15) is 13.2 Å². The third kappa shape index (κ3) is 6.07. The highest BCUT2D eigenvalue weighted by molar-refractivity contribution is 7.91. The maximum Gasteiger partial charge on any atom is 0.224 e. The van der Waals surface area contributed by atoms with Gasteiger partial charge in [0.05, 0.1) is 31.8 Å². The third-order valence-electron chi connectivity index (χ3n) is 4.90. The Morgan fingerprint density at radius 3 is 2.63 bits per heavy atom. The molecule has 9 heteroatoms. The predicted octanol–water partition coefficient (Wildman–Crippen LogP) is 1.01. The van der Waals surface area contributed by atoms with Gasteiger partial charge in [0.2, 0.25) is 5.91 Å². The van der Waals surface area contributed by atoms with Gasteiger partial charge in [0.1, 0.15) is 5.75 Å². The van der Waals surface area contributed by atoms with Gasteiger partial charge < -0.3 is 19.7 Å². The lowest BCUT2D eigenvalue weighted by Crippen LogP contribution is -2.47. The van der Waals surface area contributed by atoms with E-state index in [1.165, 1.54) is 0 Å². The van der Waals surface area contributed by atoms with Crippen LogP contribution in [0.3, 0.4) is 0 Å². The van der Waals surface area contributed by atoms with E-state index in [1.807, 2.05) is 24.3 Å². The number of benzene rings is 1. The number of nitrogens with one attached hydrogen (secondary N) is 1. The molecular formula is C18H27ClN2O5S. The van der Waals surface area contributed by atoms with Gasteiger partial charge in [-0.1, -0.05) is 12.1 Å². The number of rotatable bonds is 6. The van der Waals surface area contributed by atoms with Crippen molar-refractivity contribution in [2.45, 2.75) is 31.5 Å². The number of hydrogen-bond acceptors (Lipinski definition) is 6. The van der Waals surface area contributed by atoms with Crippen LogP contribution < -0.4 is 10.1 Å². The normalized spacial score (nSPS) is 24.0. The lowest BCUT2D eigenvalue weighted by atomic mass is 10.1. The summed E-state index contributed by atoms with van der Waals surface area (Å²) in [4.78, 5) is 14.7. The zero-order valence-electron chi connectivity index (χ0n) is 15.4. The predicted molar refractivity (Wildman–Crippen MR) is 105 cm³/mol. The first-order valence-electron chi connectivity index (χ1n) is 8.91. The number of halogens is 1. The molecule has 0 aromatic heterocycles. The van der Waals surface area contributed by atoms with Crippen molar-refractivity contribution in [3.8, 4) is 5.75 Å². The molecule has 2 aliphatic rings. The number of carbonyl (C=O) groups is 1. The summed E-state index contributed by atoms with van der Waals surface area (Å²) in [5.41, 5.74) is 0.955. The largest absolute Gasteiger partial charge is 0.497 e. The molecule has 2 unspecified atom stereocenters. The highest BCUT2D eigenvalue weighted by Gasteiger charge is 2.35. The lowest BCUT2D eigenvalue weighted by molar-refractivity contribution is -0.135. The van der Waals surface area contributed by atoms with E-state index in [0.29, 0.717) is 32.6 Å². The number of hydrogen-bond donors (Lipinski definition) is 1. The number of carbonyl (C=O) groups excluding carboxylic acids is 1. The minimum atomic E-state index is -3.06. The Labute approximate surface area is 166 Å². The van der Waals surface area contributed by atoms with Crippen molar-refractivity contribution in [1.82, 2.24) is 10.2 Å². The first-order chi connectivity index (χ1) is 12.5. The highest BCUT2D eigenvalue weighted by atomic mass is 35.5. The summed E-state index contributed by atoms with van der Waals surface area (Å²) in [5.74, 6) is 0.905. The molecule has 1 amide bonds. The van der Waals surface area contributed by atoms with Crippen LogP contribution in [0.15, 0.2) is 24.3 Å². The summed E-state index contributed by atoms with van der Waals surface area (Å²) in [6.07, 6.45) is 0.811. The van der Waals surface area contributed by atoms with Crippen molar-refractivity contribution in [3.63, 3.8) is 0 Å². The Hall–Kier alpha value is -1.35. The van der Waals surface area contributed by atoms with Gasteiger partial charge in [-0.3, -0.25) is 4.79 Å². The molecule has 7 nitrogen and oxygen atoms in total. The van der Waals surface area contributed by atoms with Crippen LogP contribution in [0.1, 0.15) is 18.4 Å². The summed E-state index contributed by atoms with van der Waals surface area (Å²) in [6.45, 7) is 2.29. The average Bonchev–Trinajstić information content (AvgIpc) is 3.00. The molecule has 2 atom stereocenters. The maximum atomic E-state index is 12.9. The minimum absolute atomic E-state index is 0. The van der Waals surface area contributed by atoms with Crippen molar-refractivity contribution in [1.29, 1.82) is 0 Å². The molecule has 1 aromatic rings. The molecule has 1 N–H and O–H groups in total. The van der Waals surface area contributed by atoms with Gasteiger partial charge in [0, 0.05) is 31.6 Å². The van der Waals surface area contributed by atoms with Gasteiger partial charge in [-0.15, -0.1) is 12.4 Å². The van der Waals surface area contributed by atoms with Gasteiger partial charge in [-0.05, 0) is 24.1 Å². The number of nitrogens with zero attached hydrogens (tertiary/aromatic N) is 1. The standard InChI is InChI=1S/C18H26N2O5S.ClH/c1-24-17-4-2-14(3-5-17)11-20(16-6-9-26(22,23)13-16)18(21)10-15-12-25-8-7-19-15;/h2-5,15-16,19H,6-13H2,1H3;1H. The zero-order valence-corrected chi connectivity index (χ0v) is 17.1. The molecule has 3 rings (SSSR count). The van der Waals surface area contributed by atoms with Crippen LogP contribution in [-0.2, 0) is 25.9 Å². The summed E-state index contributed by atoms with van der Waals surface area (Å²) >= 11 is 0. The van der Waals surface area contributed by atoms with E-state index in [0.717, 1.165) is 17.9 Å². The number of amides is 1. The summed E-state index contributed by atoms with van der Waals surface area (Å²) < 4.78 is 34.4. The Bertz CT molecular complexity index is 720. The molecule has 2 fully saturated rings. The second-order valence-corrected chi connectivity index (χ2v) is 9.09. The Morgan fingerprint density at radius 1 is 1.33 bits per heavy atom. The van der Waals surface area contributed by atoms with Gasteiger partial charge in [0.15, 0.2) is 9.84 Å². The van der Waals surface area contributed by atoms with E-state index in [4.69, 9.17) is 9.47 Å². The first-order valence-corrected chi connectivity index (χ1v) is 10.7. The average molecular weight is 419 g/mol. The van der Waals surface area contributed by atoms with Gasteiger partial charge >= 0.3 is 0 Å². The Balaban J connectivity index is 0.00000261. The molecule has 0 bridgehead atoms. The third-order valence-corrected chi connectivity index (χ3v) is 6.65. The monoisotopic (exact) mass is 418 g/mol. The molecule has 0 saturated carbocycles.